The van der Waals surface area contributed by atoms with Crippen molar-refractivity contribution in [2.45, 2.75) is 30.3 Å². The lowest BCUT2D eigenvalue weighted by Gasteiger charge is -2.43. The van der Waals surface area contributed by atoms with Crippen molar-refractivity contribution in [2.24, 2.45) is 0 Å². The summed E-state index contributed by atoms with van der Waals surface area (Å²) in [5.74, 6) is -0.0110. The fourth-order valence-corrected chi connectivity index (χ4v) is 5.31. The molecule has 0 N–H and O–H groups in total. The number of carbonyl (C=O) groups is 1. The number of rotatable bonds is 3. The maximum atomic E-state index is 12.7. The van der Waals surface area contributed by atoms with Gasteiger partial charge >= 0.3 is 5.97 Å². The van der Waals surface area contributed by atoms with Crippen LogP contribution in [0.5, 0.6) is 0 Å². The van der Waals surface area contributed by atoms with Crippen molar-refractivity contribution in [3.63, 3.8) is 0 Å². The Bertz CT molecular complexity index is 773. The number of fused-ring (bicyclic) bond motifs is 1. The topological polar surface area (TPSA) is 26.3 Å². The van der Waals surface area contributed by atoms with Gasteiger partial charge in [-0.3, -0.25) is 4.79 Å². The van der Waals surface area contributed by atoms with Gasteiger partial charge in [-0.05, 0) is 42.2 Å². The SMILES string of the molecule is CC(C)=CCOC(=O)C1SC2c3ccccc3C1c1ccccc12. The Morgan fingerprint density at radius 1 is 1.00 bits per heavy atom. The molecule has 0 fully saturated rings. The summed E-state index contributed by atoms with van der Waals surface area (Å²) in [5.41, 5.74) is 6.42. The Morgan fingerprint density at radius 3 is 2.08 bits per heavy atom. The van der Waals surface area contributed by atoms with Crippen molar-refractivity contribution in [3.8, 4) is 0 Å². The number of hydrogen-bond acceptors (Lipinski definition) is 3. The third kappa shape index (κ3) is 2.48. The second-order valence-corrected chi connectivity index (χ2v) is 7.84. The van der Waals surface area contributed by atoms with Crippen molar-refractivity contribution >= 4 is 17.7 Å². The second-order valence-electron chi connectivity index (χ2n) is 6.58. The molecule has 24 heavy (non-hydrogen) atoms. The number of hydrogen-bond donors (Lipinski definition) is 0. The Labute approximate surface area is 146 Å². The fourth-order valence-electron chi connectivity index (χ4n) is 3.66. The van der Waals surface area contributed by atoms with E-state index in [1.165, 1.54) is 22.3 Å². The number of allylic oxidation sites excluding steroid dienone is 1. The number of carbonyl (C=O) groups excluding carboxylic acids is 1. The van der Waals surface area contributed by atoms with E-state index in [9.17, 15) is 4.79 Å². The molecule has 0 spiro atoms. The molecule has 1 unspecified atom stereocenters. The van der Waals surface area contributed by atoms with Gasteiger partial charge in [0.15, 0.2) is 0 Å². The van der Waals surface area contributed by atoms with Crippen LogP contribution >= 0.6 is 11.8 Å². The summed E-state index contributed by atoms with van der Waals surface area (Å²) in [4.78, 5) is 12.7. The van der Waals surface area contributed by atoms with Crippen LogP contribution in [-0.2, 0) is 9.53 Å². The Kier molecular flexibility index (Phi) is 3.97. The van der Waals surface area contributed by atoms with Crippen molar-refractivity contribution in [2.75, 3.05) is 6.61 Å². The molecule has 2 aromatic rings. The van der Waals surface area contributed by atoms with Crippen LogP contribution in [0, 0.1) is 0 Å². The monoisotopic (exact) mass is 336 g/mol. The predicted octanol–water partition coefficient (Wildman–Crippen LogP) is 4.85. The molecule has 0 saturated carbocycles. The third-order valence-electron chi connectivity index (χ3n) is 4.76. The zero-order valence-electron chi connectivity index (χ0n) is 13.9. The molecule has 0 aromatic heterocycles. The smallest absolute Gasteiger partial charge is 0.320 e. The van der Waals surface area contributed by atoms with Crippen LogP contribution in [-0.4, -0.2) is 17.8 Å². The summed E-state index contributed by atoms with van der Waals surface area (Å²) >= 11 is 1.74. The first-order valence-electron chi connectivity index (χ1n) is 8.30. The van der Waals surface area contributed by atoms with E-state index < -0.39 is 0 Å². The Balaban J connectivity index is 1.71. The minimum Gasteiger partial charge on any atom is -0.461 e. The lowest BCUT2D eigenvalue weighted by molar-refractivity contribution is -0.142. The number of ether oxygens (including phenoxy) is 1. The van der Waals surface area contributed by atoms with Gasteiger partial charge in [-0.25, -0.2) is 0 Å². The summed E-state index contributed by atoms with van der Waals surface area (Å²) in [6.45, 7) is 4.38. The van der Waals surface area contributed by atoms with Crippen molar-refractivity contribution in [1.29, 1.82) is 0 Å². The normalized spacial score (nSPS) is 23.2. The zero-order chi connectivity index (χ0) is 16.7. The van der Waals surface area contributed by atoms with Gasteiger partial charge in [0, 0.05) is 5.92 Å². The highest BCUT2D eigenvalue weighted by Crippen LogP contribution is 2.58. The van der Waals surface area contributed by atoms with Crippen molar-refractivity contribution in [1.82, 2.24) is 0 Å². The molecule has 122 valence electrons. The quantitative estimate of drug-likeness (QED) is 0.592. The van der Waals surface area contributed by atoms with E-state index in [0.717, 1.165) is 5.57 Å². The summed E-state index contributed by atoms with van der Waals surface area (Å²) in [6, 6.07) is 17.0. The van der Waals surface area contributed by atoms with Crippen molar-refractivity contribution in [3.05, 3.63) is 82.4 Å². The molecule has 2 aromatic carbocycles. The summed E-state index contributed by atoms with van der Waals surface area (Å²) in [5, 5.41) is 0.0637. The lowest BCUT2D eigenvalue weighted by atomic mass is 9.75. The van der Waals surface area contributed by atoms with E-state index in [1.54, 1.807) is 11.8 Å². The maximum absolute atomic E-state index is 12.7. The van der Waals surface area contributed by atoms with E-state index >= 15 is 0 Å². The zero-order valence-corrected chi connectivity index (χ0v) is 14.7. The molecule has 0 radical (unpaired) electrons. The minimum atomic E-state index is -0.162. The molecule has 2 nitrogen and oxygen atoms in total. The van der Waals surface area contributed by atoms with Crippen LogP contribution in [0.4, 0.5) is 0 Å². The standard InChI is InChI=1S/C21H20O2S/c1-13(2)11-12-23-21(22)20-18-14-7-3-5-9-16(14)19(24-20)17-10-6-4-8-15(17)18/h3-11,18-20H,12H2,1-2H3. The average molecular weight is 336 g/mol. The van der Waals surface area contributed by atoms with Crippen LogP contribution in [0.25, 0.3) is 0 Å². The fraction of sp³-hybridized carbons (Fsp3) is 0.286. The van der Waals surface area contributed by atoms with Gasteiger partial charge < -0.3 is 4.74 Å². The van der Waals surface area contributed by atoms with E-state index in [1.807, 2.05) is 19.9 Å². The molecular formula is C21H20O2S. The molecule has 3 heteroatoms. The molecular weight excluding hydrogens is 316 g/mol. The van der Waals surface area contributed by atoms with E-state index in [-0.39, 0.29) is 22.4 Å². The largest absolute Gasteiger partial charge is 0.461 e. The summed E-state index contributed by atoms with van der Waals surface area (Å²) in [7, 11) is 0. The minimum absolute atomic E-state index is 0.0894. The molecule has 0 amide bonds. The van der Waals surface area contributed by atoms with E-state index in [2.05, 4.69) is 48.5 Å². The second kappa shape index (κ2) is 6.14. The van der Waals surface area contributed by atoms with Crippen LogP contribution in [0.2, 0.25) is 0 Å². The van der Waals surface area contributed by atoms with Crippen LogP contribution in [0.15, 0.2) is 60.2 Å². The van der Waals surface area contributed by atoms with Gasteiger partial charge in [-0.15, -0.1) is 11.8 Å². The average Bonchev–Trinajstić information content (AvgIpc) is 2.61. The molecule has 2 aliphatic heterocycles. The van der Waals surface area contributed by atoms with Gasteiger partial charge in [0.1, 0.15) is 11.9 Å². The van der Waals surface area contributed by atoms with Crippen LogP contribution in [0.3, 0.4) is 0 Å². The molecule has 0 saturated heterocycles. The molecule has 2 heterocycles. The molecule has 5 rings (SSSR count). The Morgan fingerprint density at radius 2 is 1.54 bits per heavy atom. The first-order valence-corrected chi connectivity index (χ1v) is 9.24. The lowest BCUT2D eigenvalue weighted by Crippen LogP contribution is -2.37. The number of esters is 1. The van der Waals surface area contributed by atoms with Gasteiger partial charge in [-0.1, -0.05) is 54.1 Å². The maximum Gasteiger partial charge on any atom is 0.320 e. The molecule has 2 bridgehead atoms. The van der Waals surface area contributed by atoms with Gasteiger partial charge in [-0.2, -0.15) is 0 Å². The van der Waals surface area contributed by atoms with Gasteiger partial charge in [0.05, 0.1) is 5.25 Å². The van der Waals surface area contributed by atoms with Crippen LogP contribution < -0.4 is 0 Å². The number of thioether (sulfide) groups is 1. The summed E-state index contributed by atoms with van der Waals surface area (Å²) in [6.07, 6.45) is 1.95. The molecule has 1 atom stereocenters. The first-order chi connectivity index (χ1) is 11.7. The predicted molar refractivity (Wildman–Crippen MR) is 98.3 cm³/mol. The highest BCUT2D eigenvalue weighted by atomic mass is 32.2. The summed E-state index contributed by atoms with van der Waals surface area (Å²) < 4.78 is 5.54. The molecule has 1 aliphatic carbocycles. The van der Waals surface area contributed by atoms with Gasteiger partial charge in [0.2, 0.25) is 0 Å². The Hall–Kier alpha value is -2.00. The number of benzene rings is 2. The van der Waals surface area contributed by atoms with E-state index in [4.69, 9.17) is 4.74 Å². The first kappa shape index (κ1) is 15.5. The third-order valence-corrected chi connectivity index (χ3v) is 6.30. The molecule has 3 aliphatic rings. The highest BCUT2D eigenvalue weighted by molar-refractivity contribution is 8.01. The highest BCUT2D eigenvalue weighted by Gasteiger charge is 2.47. The van der Waals surface area contributed by atoms with Crippen LogP contribution in [0.1, 0.15) is 47.3 Å². The van der Waals surface area contributed by atoms with Gasteiger partial charge in [0.25, 0.3) is 0 Å². The van der Waals surface area contributed by atoms with E-state index in [0.29, 0.717) is 6.61 Å². The van der Waals surface area contributed by atoms with Crippen molar-refractivity contribution < 1.29 is 9.53 Å².